The largest absolute Gasteiger partial charge is 0.494 e. The molecule has 2 rings (SSSR count). The average molecular weight is 304 g/mol. The Morgan fingerprint density at radius 1 is 1.36 bits per heavy atom. The van der Waals surface area contributed by atoms with Crippen molar-refractivity contribution in [2.24, 2.45) is 5.92 Å². The standard InChI is InChI=1S/C17H24N2O3/c1-4-22-15-7-5-14(6-8-15)19-11-13(10-17(19)21)18-16(20)9-12(2)3/h5-8,12-13H,4,9-11H2,1-3H3,(H,18,20)/t13-/m1/s1. The SMILES string of the molecule is CCOc1ccc(N2C[C@H](NC(=O)CC(C)C)CC2=O)cc1. The molecule has 5 heteroatoms. The molecule has 0 aromatic heterocycles. The minimum absolute atomic E-state index is 0.0151. The molecule has 0 radical (unpaired) electrons. The van der Waals surface area contributed by atoms with Gasteiger partial charge in [0.15, 0.2) is 0 Å². The molecule has 2 amide bonds. The van der Waals surface area contributed by atoms with Crippen molar-refractivity contribution in [3.63, 3.8) is 0 Å². The first-order valence-electron chi connectivity index (χ1n) is 7.82. The number of carbonyl (C=O) groups excluding carboxylic acids is 2. The normalized spacial score (nSPS) is 17.9. The lowest BCUT2D eigenvalue weighted by atomic mass is 10.1. The molecule has 1 aliphatic heterocycles. The second kappa shape index (κ2) is 7.29. The number of nitrogens with one attached hydrogen (secondary N) is 1. The summed E-state index contributed by atoms with van der Waals surface area (Å²) in [7, 11) is 0. The van der Waals surface area contributed by atoms with E-state index in [0.29, 0.717) is 31.9 Å². The highest BCUT2D eigenvalue weighted by molar-refractivity contribution is 5.96. The molecule has 5 nitrogen and oxygen atoms in total. The van der Waals surface area contributed by atoms with Gasteiger partial charge < -0.3 is 15.0 Å². The van der Waals surface area contributed by atoms with Gasteiger partial charge in [-0.1, -0.05) is 13.8 Å². The zero-order chi connectivity index (χ0) is 16.1. The van der Waals surface area contributed by atoms with Gasteiger partial charge in [0, 0.05) is 25.1 Å². The fraction of sp³-hybridized carbons (Fsp3) is 0.529. The van der Waals surface area contributed by atoms with E-state index in [1.54, 1.807) is 4.90 Å². The van der Waals surface area contributed by atoms with E-state index in [4.69, 9.17) is 4.74 Å². The summed E-state index contributed by atoms with van der Waals surface area (Å²) in [4.78, 5) is 25.7. The quantitative estimate of drug-likeness (QED) is 0.877. The van der Waals surface area contributed by atoms with Crippen molar-refractivity contribution in [3.05, 3.63) is 24.3 Å². The Morgan fingerprint density at radius 3 is 2.64 bits per heavy atom. The van der Waals surface area contributed by atoms with Crippen molar-refractivity contribution in [2.45, 2.75) is 39.7 Å². The highest BCUT2D eigenvalue weighted by Crippen LogP contribution is 2.24. The van der Waals surface area contributed by atoms with Crippen LogP contribution in [0, 0.1) is 5.92 Å². The van der Waals surface area contributed by atoms with Crippen molar-refractivity contribution in [3.8, 4) is 5.75 Å². The average Bonchev–Trinajstić information content (AvgIpc) is 2.79. The van der Waals surface area contributed by atoms with E-state index in [1.165, 1.54) is 0 Å². The Bertz CT molecular complexity index is 525. The fourth-order valence-electron chi connectivity index (χ4n) is 2.60. The molecule has 0 aliphatic carbocycles. The van der Waals surface area contributed by atoms with Crippen LogP contribution in [0.15, 0.2) is 24.3 Å². The summed E-state index contributed by atoms with van der Waals surface area (Å²) in [5.74, 6) is 1.17. The molecule has 0 saturated carbocycles. The highest BCUT2D eigenvalue weighted by Gasteiger charge is 2.31. The van der Waals surface area contributed by atoms with Crippen LogP contribution in [0.25, 0.3) is 0 Å². The molecule has 1 N–H and O–H groups in total. The first kappa shape index (κ1) is 16.3. The maximum absolute atomic E-state index is 12.1. The molecule has 0 bridgehead atoms. The third kappa shape index (κ3) is 4.23. The van der Waals surface area contributed by atoms with E-state index in [9.17, 15) is 9.59 Å². The summed E-state index contributed by atoms with van der Waals surface area (Å²) in [6.07, 6.45) is 0.852. The second-order valence-corrected chi connectivity index (χ2v) is 6.00. The van der Waals surface area contributed by atoms with Gasteiger partial charge in [0.2, 0.25) is 11.8 Å². The predicted molar refractivity (Wildman–Crippen MR) is 86.0 cm³/mol. The molecule has 1 fully saturated rings. The first-order chi connectivity index (χ1) is 10.5. The minimum Gasteiger partial charge on any atom is -0.494 e. The van der Waals surface area contributed by atoms with E-state index < -0.39 is 0 Å². The number of rotatable bonds is 6. The minimum atomic E-state index is -0.106. The molecular weight excluding hydrogens is 280 g/mol. The van der Waals surface area contributed by atoms with E-state index in [1.807, 2.05) is 45.0 Å². The molecule has 1 aliphatic rings. The van der Waals surface area contributed by atoms with Crippen molar-refractivity contribution < 1.29 is 14.3 Å². The lowest BCUT2D eigenvalue weighted by Gasteiger charge is -2.18. The third-order valence-corrected chi connectivity index (χ3v) is 3.54. The van der Waals surface area contributed by atoms with E-state index in [0.717, 1.165) is 11.4 Å². The molecule has 22 heavy (non-hydrogen) atoms. The van der Waals surface area contributed by atoms with Crippen LogP contribution in [0.3, 0.4) is 0 Å². The lowest BCUT2D eigenvalue weighted by Crippen LogP contribution is -2.37. The van der Waals surface area contributed by atoms with E-state index >= 15 is 0 Å². The van der Waals surface area contributed by atoms with Crippen molar-refractivity contribution in [2.75, 3.05) is 18.1 Å². The number of amides is 2. The molecule has 1 saturated heterocycles. The van der Waals surface area contributed by atoms with Crippen LogP contribution in [-0.2, 0) is 9.59 Å². The molecular formula is C17H24N2O3. The van der Waals surface area contributed by atoms with E-state index in [2.05, 4.69) is 5.32 Å². The highest BCUT2D eigenvalue weighted by atomic mass is 16.5. The Balaban J connectivity index is 1.95. The number of carbonyl (C=O) groups is 2. The van der Waals surface area contributed by atoms with Gasteiger partial charge >= 0.3 is 0 Å². The van der Waals surface area contributed by atoms with Crippen LogP contribution in [0.1, 0.15) is 33.6 Å². The second-order valence-electron chi connectivity index (χ2n) is 6.00. The smallest absolute Gasteiger partial charge is 0.229 e. The number of hydrogen-bond acceptors (Lipinski definition) is 3. The lowest BCUT2D eigenvalue weighted by molar-refractivity contribution is -0.122. The van der Waals surface area contributed by atoms with E-state index in [-0.39, 0.29) is 17.9 Å². The van der Waals surface area contributed by atoms with Gasteiger partial charge in [0.05, 0.1) is 12.6 Å². The number of hydrogen-bond donors (Lipinski definition) is 1. The van der Waals surface area contributed by atoms with Gasteiger partial charge in [-0.3, -0.25) is 9.59 Å². The molecule has 1 aromatic carbocycles. The van der Waals surface area contributed by atoms with Crippen LogP contribution in [-0.4, -0.2) is 31.0 Å². The Hall–Kier alpha value is -2.04. The van der Waals surface area contributed by atoms with Crippen molar-refractivity contribution in [1.29, 1.82) is 0 Å². The third-order valence-electron chi connectivity index (χ3n) is 3.54. The summed E-state index contributed by atoms with van der Waals surface area (Å²) in [5.41, 5.74) is 0.842. The zero-order valence-electron chi connectivity index (χ0n) is 13.5. The Labute approximate surface area is 131 Å². The summed E-state index contributed by atoms with van der Waals surface area (Å²) in [6.45, 7) is 7.09. The topological polar surface area (TPSA) is 58.6 Å². The first-order valence-corrected chi connectivity index (χ1v) is 7.82. The monoisotopic (exact) mass is 304 g/mol. The molecule has 0 unspecified atom stereocenters. The van der Waals surface area contributed by atoms with Gasteiger partial charge in [-0.15, -0.1) is 0 Å². The van der Waals surface area contributed by atoms with Crippen LogP contribution in [0.4, 0.5) is 5.69 Å². The van der Waals surface area contributed by atoms with Gasteiger partial charge in [-0.2, -0.15) is 0 Å². The molecule has 0 spiro atoms. The molecule has 120 valence electrons. The van der Waals surface area contributed by atoms with Gasteiger partial charge in [0.25, 0.3) is 0 Å². The maximum Gasteiger partial charge on any atom is 0.229 e. The maximum atomic E-state index is 12.1. The Morgan fingerprint density at radius 2 is 2.05 bits per heavy atom. The van der Waals surface area contributed by atoms with Crippen LogP contribution >= 0.6 is 0 Å². The van der Waals surface area contributed by atoms with Crippen LogP contribution < -0.4 is 15.0 Å². The molecule has 1 aromatic rings. The number of benzene rings is 1. The van der Waals surface area contributed by atoms with Crippen LogP contribution in [0.2, 0.25) is 0 Å². The summed E-state index contributed by atoms with van der Waals surface area (Å²) < 4.78 is 5.40. The number of nitrogens with zero attached hydrogens (tertiary/aromatic N) is 1. The molecule has 1 atom stereocenters. The number of ether oxygens (including phenoxy) is 1. The van der Waals surface area contributed by atoms with Gasteiger partial charge in [-0.25, -0.2) is 0 Å². The summed E-state index contributed by atoms with van der Waals surface area (Å²) in [5, 5.41) is 2.95. The molecule has 1 heterocycles. The summed E-state index contributed by atoms with van der Waals surface area (Å²) in [6, 6.07) is 7.36. The summed E-state index contributed by atoms with van der Waals surface area (Å²) >= 11 is 0. The van der Waals surface area contributed by atoms with Gasteiger partial charge in [-0.05, 0) is 37.1 Å². The fourth-order valence-corrected chi connectivity index (χ4v) is 2.60. The van der Waals surface area contributed by atoms with Crippen molar-refractivity contribution >= 4 is 17.5 Å². The van der Waals surface area contributed by atoms with Crippen molar-refractivity contribution in [1.82, 2.24) is 5.32 Å². The Kier molecular flexibility index (Phi) is 5.41. The zero-order valence-corrected chi connectivity index (χ0v) is 13.5. The van der Waals surface area contributed by atoms with Crippen LogP contribution in [0.5, 0.6) is 5.75 Å². The van der Waals surface area contributed by atoms with Gasteiger partial charge in [0.1, 0.15) is 5.75 Å². The predicted octanol–water partition coefficient (Wildman–Crippen LogP) is 2.35. The number of anilines is 1.